The van der Waals surface area contributed by atoms with Crippen LogP contribution in [-0.2, 0) is 4.79 Å². The van der Waals surface area contributed by atoms with Gasteiger partial charge in [0.2, 0.25) is 0 Å². The second-order valence-electron chi connectivity index (χ2n) is 3.34. The van der Waals surface area contributed by atoms with E-state index in [2.05, 4.69) is 33.2 Å². The lowest BCUT2D eigenvalue weighted by Crippen LogP contribution is -2.26. The highest BCUT2D eigenvalue weighted by Gasteiger charge is 2.11. The number of carbonyl (C=O) groups is 2. The summed E-state index contributed by atoms with van der Waals surface area (Å²) < 4.78 is 0.949. The van der Waals surface area contributed by atoms with Gasteiger partial charge < -0.3 is 15.7 Å². The second-order valence-corrected chi connectivity index (χ2v) is 4.59. The van der Waals surface area contributed by atoms with E-state index in [1.807, 2.05) is 12.1 Å². The van der Waals surface area contributed by atoms with Gasteiger partial charge in [-0.05, 0) is 40.8 Å². The number of rotatable bonds is 5. The van der Waals surface area contributed by atoms with Crippen molar-refractivity contribution in [3.05, 3.63) is 27.3 Å². The van der Waals surface area contributed by atoms with E-state index in [0.29, 0.717) is 5.56 Å². The lowest BCUT2D eigenvalue weighted by Gasteiger charge is -2.09. The normalized spacial score (nSPS) is 9.76. The van der Waals surface area contributed by atoms with Crippen LogP contribution in [0.2, 0.25) is 0 Å². The van der Waals surface area contributed by atoms with E-state index in [4.69, 9.17) is 5.11 Å². The summed E-state index contributed by atoms with van der Waals surface area (Å²) in [6, 6.07) is 5.46. The first-order valence-electron chi connectivity index (χ1n) is 5.02. The Morgan fingerprint density at radius 2 is 2.12 bits per heavy atom. The van der Waals surface area contributed by atoms with Gasteiger partial charge in [-0.15, -0.1) is 0 Å². The smallest absolute Gasteiger partial charge is 0.305 e. The SMILES string of the molecule is CNc1ccc(I)cc1C(=O)NCCC(=O)O. The molecule has 17 heavy (non-hydrogen) atoms. The zero-order valence-corrected chi connectivity index (χ0v) is 11.4. The first kappa shape index (κ1) is 13.8. The van der Waals surface area contributed by atoms with Crippen LogP contribution in [0.1, 0.15) is 16.8 Å². The monoisotopic (exact) mass is 348 g/mol. The summed E-state index contributed by atoms with van der Waals surface area (Å²) >= 11 is 2.12. The third kappa shape index (κ3) is 4.22. The Kier molecular flexibility index (Phi) is 5.20. The van der Waals surface area contributed by atoms with Crippen molar-refractivity contribution >= 4 is 40.2 Å². The molecule has 0 aliphatic rings. The Morgan fingerprint density at radius 3 is 2.71 bits per heavy atom. The molecular formula is C11H13IN2O3. The summed E-state index contributed by atoms with van der Waals surface area (Å²) in [6.07, 6.45) is -0.0788. The molecule has 6 heteroatoms. The van der Waals surface area contributed by atoms with Crippen LogP contribution in [-0.4, -0.2) is 30.6 Å². The Hall–Kier alpha value is -1.31. The first-order valence-corrected chi connectivity index (χ1v) is 6.09. The van der Waals surface area contributed by atoms with E-state index in [1.54, 1.807) is 13.1 Å². The Balaban J connectivity index is 2.73. The lowest BCUT2D eigenvalue weighted by molar-refractivity contribution is -0.136. The van der Waals surface area contributed by atoms with Gasteiger partial charge in [-0.3, -0.25) is 9.59 Å². The molecule has 1 amide bonds. The molecule has 0 heterocycles. The highest BCUT2D eigenvalue weighted by atomic mass is 127. The number of carboxylic acids is 1. The minimum Gasteiger partial charge on any atom is -0.481 e. The molecule has 5 nitrogen and oxygen atoms in total. The van der Waals surface area contributed by atoms with Crippen molar-refractivity contribution in [1.82, 2.24) is 5.32 Å². The minimum absolute atomic E-state index is 0.0788. The average Bonchev–Trinajstić information content (AvgIpc) is 2.28. The fourth-order valence-corrected chi connectivity index (χ4v) is 1.79. The molecule has 0 spiro atoms. The molecule has 92 valence electrons. The third-order valence-electron chi connectivity index (χ3n) is 2.12. The van der Waals surface area contributed by atoms with Gasteiger partial charge in [-0.1, -0.05) is 0 Å². The summed E-state index contributed by atoms with van der Waals surface area (Å²) in [4.78, 5) is 22.1. The molecule has 0 bridgehead atoms. The number of nitrogens with one attached hydrogen (secondary N) is 2. The molecule has 0 saturated heterocycles. The number of anilines is 1. The molecule has 1 aromatic rings. The summed E-state index contributed by atoms with van der Waals surface area (Å²) in [5.41, 5.74) is 1.24. The Bertz CT molecular complexity index is 435. The van der Waals surface area contributed by atoms with Crippen LogP contribution < -0.4 is 10.6 Å². The zero-order chi connectivity index (χ0) is 12.8. The van der Waals surface area contributed by atoms with Crippen LogP contribution >= 0.6 is 22.6 Å². The number of carbonyl (C=O) groups excluding carboxylic acids is 1. The van der Waals surface area contributed by atoms with Crippen LogP contribution in [0.15, 0.2) is 18.2 Å². The van der Waals surface area contributed by atoms with Crippen LogP contribution in [0.3, 0.4) is 0 Å². The average molecular weight is 348 g/mol. The van der Waals surface area contributed by atoms with Crippen LogP contribution in [0, 0.1) is 3.57 Å². The van der Waals surface area contributed by atoms with Gasteiger partial charge in [0.1, 0.15) is 0 Å². The maximum Gasteiger partial charge on any atom is 0.305 e. The molecule has 3 N–H and O–H groups in total. The lowest BCUT2D eigenvalue weighted by atomic mass is 10.1. The number of benzene rings is 1. The minimum atomic E-state index is -0.929. The van der Waals surface area contributed by atoms with E-state index in [0.717, 1.165) is 9.26 Å². The van der Waals surface area contributed by atoms with Gasteiger partial charge in [0, 0.05) is 22.8 Å². The van der Waals surface area contributed by atoms with E-state index in [-0.39, 0.29) is 18.9 Å². The van der Waals surface area contributed by atoms with Crippen molar-refractivity contribution < 1.29 is 14.7 Å². The first-order chi connectivity index (χ1) is 8.04. The Labute approximate surface area is 113 Å². The fourth-order valence-electron chi connectivity index (χ4n) is 1.30. The molecule has 0 radical (unpaired) electrons. The molecule has 0 aromatic heterocycles. The number of halogens is 1. The van der Waals surface area contributed by atoms with Gasteiger partial charge in [0.05, 0.1) is 12.0 Å². The molecule has 0 fully saturated rings. The van der Waals surface area contributed by atoms with Gasteiger partial charge in [-0.25, -0.2) is 0 Å². The molecular weight excluding hydrogens is 335 g/mol. The molecule has 0 atom stereocenters. The maximum absolute atomic E-state index is 11.8. The van der Waals surface area contributed by atoms with Crippen molar-refractivity contribution in [1.29, 1.82) is 0 Å². The highest BCUT2D eigenvalue weighted by Crippen LogP contribution is 2.18. The summed E-state index contributed by atoms with van der Waals surface area (Å²) in [5.74, 6) is -1.20. The van der Waals surface area contributed by atoms with Crippen LogP contribution in [0.25, 0.3) is 0 Å². The van der Waals surface area contributed by atoms with Gasteiger partial charge in [0.15, 0.2) is 0 Å². The fraction of sp³-hybridized carbons (Fsp3) is 0.273. The standard InChI is InChI=1S/C11H13IN2O3/c1-13-9-3-2-7(12)6-8(9)11(17)14-5-4-10(15)16/h2-3,6,13H,4-5H2,1H3,(H,14,17)(H,15,16). The van der Waals surface area contributed by atoms with E-state index in [9.17, 15) is 9.59 Å². The summed E-state index contributed by atoms with van der Waals surface area (Å²) in [7, 11) is 1.73. The molecule has 0 aliphatic carbocycles. The molecule has 1 aromatic carbocycles. The topological polar surface area (TPSA) is 78.4 Å². The highest BCUT2D eigenvalue weighted by molar-refractivity contribution is 14.1. The zero-order valence-electron chi connectivity index (χ0n) is 9.29. The third-order valence-corrected chi connectivity index (χ3v) is 2.79. The van der Waals surface area contributed by atoms with Crippen molar-refractivity contribution in [2.45, 2.75) is 6.42 Å². The quantitative estimate of drug-likeness (QED) is 0.706. The van der Waals surface area contributed by atoms with E-state index < -0.39 is 5.97 Å². The number of hydrogen-bond acceptors (Lipinski definition) is 3. The number of hydrogen-bond donors (Lipinski definition) is 3. The van der Waals surface area contributed by atoms with Gasteiger partial charge >= 0.3 is 5.97 Å². The maximum atomic E-state index is 11.8. The van der Waals surface area contributed by atoms with Crippen molar-refractivity contribution in [3.63, 3.8) is 0 Å². The van der Waals surface area contributed by atoms with Crippen molar-refractivity contribution in [2.75, 3.05) is 18.9 Å². The van der Waals surface area contributed by atoms with Crippen molar-refractivity contribution in [2.24, 2.45) is 0 Å². The largest absolute Gasteiger partial charge is 0.481 e. The number of amides is 1. The summed E-state index contributed by atoms with van der Waals surface area (Å²) in [5, 5.41) is 14.0. The van der Waals surface area contributed by atoms with Gasteiger partial charge in [-0.2, -0.15) is 0 Å². The molecule has 0 unspecified atom stereocenters. The van der Waals surface area contributed by atoms with Crippen molar-refractivity contribution in [3.8, 4) is 0 Å². The van der Waals surface area contributed by atoms with E-state index >= 15 is 0 Å². The Morgan fingerprint density at radius 1 is 1.41 bits per heavy atom. The predicted molar refractivity (Wildman–Crippen MR) is 73.3 cm³/mol. The second kappa shape index (κ2) is 6.43. The van der Waals surface area contributed by atoms with E-state index in [1.165, 1.54) is 0 Å². The predicted octanol–water partition coefficient (Wildman–Crippen LogP) is 1.54. The molecule has 1 rings (SSSR count). The summed E-state index contributed by atoms with van der Waals surface area (Å²) in [6.45, 7) is 0.128. The molecule has 0 aliphatic heterocycles. The van der Waals surface area contributed by atoms with Crippen LogP contribution in [0.5, 0.6) is 0 Å². The van der Waals surface area contributed by atoms with Crippen LogP contribution in [0.4, 0.5) is 5.69 Å². The van der Waals surface area contributed by atoms with Gasteiger partial charge in [0.25, 0.3) is 5.91 Å². The number of aliphatic carboxylic acids is 1. The molecule has 0 saturated carbocycles. The number of carboxylic acid groups (broad SMARTS) is 1.